The third kappa shape index (κ3) is 5.29. The molecule has 7 nitrogen and oxygen atoms in total. The Morgan fingerprint density at radius 2 is 1.90 bits per heavy atom. The number of hydrogen-bond acceptors (Lipinski definition) is 6. The minimum absolute atomic E-state index is 0.163. The van der Waals surface area contributed by atoms with Crippen molar-refractivity contribution < 1.29 is 19.4 Å². The number of benzene rings is 2. The van der Waals surface area contributed by atoms with Crippen LogP contribution in [0.5, 0.6) is 11.5 Å². The molecular formula is C21H23N3O4S. The largest absolute Gasteiger partial charge is 0.497 e. The van der Waals surface area contributed by atoms with Crippen LogP contribution in [-0.4, -0.2) is 45.3 Å². The lowest BCUT2D eigenvalue weighted by Gasteiger charge is -2.10. The molecule has 0 bridgehead atoms. The Kier molecular flexibility index (Phi) is 7.13. The number of aromatic nitrogens is 3. The molecule has 0 saturated heterocycles. The fourth-order valence-electron chi connectivity index (χ4n) is 2.85. The van der Waals surface area contributed by atoms with Crippen LogP contribution in [0.3, 0.4) is 0 Å². The molecule has 2 aromatic carbocycles. The second kappa shape index (κ2) is 9.97. The lowest BCUT2D eigenvalue weighted by Crippen LogP contribution is -2.07. The van der Waals surface area contributed by atoms with Crippen molar-refractivity contribution in [3.63, 3.8) is 0 Å². The minimum Gasteiger partial charge on any atom is -0.497 e. The van der Waals surface area contributed by atoms with Gasteiger partial charge in [-0.2, -0.15) is 0 Å². The molecule has 0 aliphatic carbocycles. The number of rotatable bonds is 10. The maximum Gasteiger partial charge on any atom is 0.339 e. The Morgan fingerprint density at radius 1 is 1.14 bits per heavy atom. The number of methoxy groups -OCH3 is 1. The van der Waals surface area contributed by atoms with E-state index >= 15 is 0 Å². The molecule has 3 aromatic rings. The molecule has 1 heterocycles. The van der Waals surface area contributed by atoms with Crippen LogP contribution < -0.4 is 9.47 Å². The number of ether oxygens (including phenoxy) is 2. The molecule has 0 unspecified atom stereocenters. The maximum atomic E-state index is 11.2. The van der Waals surface area contributed by atoms with Gasteiger partial charge in [-0.05, 0) is 36.8 Å². The summed E-state index contributed by atoms with van der Waals surface area (Å²) in [6.45, 7) is 3.20. The van der Waals surface area contributed by atoms with Gasteiger partial charge in [0.2, 0.25) is 0 Å². The Labute approximate surface area is 173 Å². The summed E-state index contributed by atoms with van der Waals surface area (Å²) in [5.74, 6) is 1.73. The molecule has 0 aliphatic heterocycles. The first-order chi connectivity index (χ1) is 14.1. The van der Waals surface area contributed by atoms with Gasteiger partial charge in [-0.1, -0.05) is 36.0 Å². The quantitative estimate of drug-likeness (QED) is 0.400. The van der Waals surface area contributed by atoms with Crippen molar-refractivity contribution in [2.75, 3.05) is 19.5 Å². The van der Waals surface area contributed by atoms with Crippen molar-refractivity contribution >= 4 is 17.7 Å². The first-order valence-electron chi connectivity index (χ1n) is 9.25. The average Bonchev–Trinajstić information content (AvgIpc) is 3.13. The number of carboxylic acid groups (broad SMARTS) is 1. The van der Waals surface area contributed by atoms with E-state index in [4.69, 9.17) is 9.47 Å². The molecule has 0 aliphatic rings. The number of nitrogens with zero attached hydrogens (tertiary/aromatic N) is 3. The van der Waals surface area contributed by atoms with E-state index < -0.39 is 5.97 Å². The first-order valence-corrected chi connectivity index (χ1v) is 10.2. The Hall–Kier alpha value is -3.00. The van der Waals surface area contributed by atoms with E-state index in [0.717, 1.165) is 28.8 Å². The Bertz CT molecular complexity index is 957. The first kappa shape index (κ1) is 20.7. The van der Waals surface area contributed by atoms with Gasteiger partial charge in [0.15, 0.2) is 5.16 Å². The van der Waals surface area contributed by atoms with E-state index in [-0.39, 0.29) is 5.56 Å². The predicted octanol–water partition coefficient (Wildman–Crippen LogP) is 3.77. The average molecular weight is 413 g/mol. The van der Waals surface area contributed by atoms with Crippen molar-refractivity contribution in [3.05, 3.63) is 65.5 Å². The smallest absolute Gasteiger partial charge is 0.339 e. The van der Waals surface area contributed by atoms with E-state index in [0.29, 0.717) is 24.5 Å². The second-order valence-electron chi connectivity index (χ2n) is 6.17. The molecule has 0 amide bonds. The minimum atomic E-state index is -0.998. The molecule has 0 fully saturated rings. The lowest BCUT2D eigenvalue weighted by atomic mass is 10.1. The SMILES string of the molecule is CCn1c(Cc2ccc(OC)cc2)nnc1SCCOc1ccccc1C(=O)O. The molecule has 3 rings (SSSR count). The molecule has 0 spiro atoms. The van der Waals surface area contributed by atoms with Gasteiger partial charge < -0.3 is 19.1 Å². The number of aromatic carboxylic acids is 1. The van der Waals surface area contributed by atoms with Crippen LogP contribution >= 0.6 is 11.8 Å². The summed E-state index contributed by atoms with van der Waals surface area (Å²) in [5.41, 5.74) is 1.30. The van der Waals surface area contributed by atoms with E-state index in [1.807, 2.05) is 24.3 Å². The fraction of sp³-hybridized carbons (Fsp3) is 0.286. The Balaban J connectivity index is 1.58. The van der Waals surface area contributed by atoms with Gasteiger partial charge in [0.1, 0.15) is 22.9 Å². The predicted molar refractivity (Wildman–Crippen MR) is 111 cm³/mol. The normalized spacial score (nSPS) is 10.7. The molecule has 8 heteroatoms. The Morgan fingerprint density at radius 3 is 2.59 bits per heavy atom. The van der Waals surface area contributed by atoms with Crippen LogP contribution in [0.15, 0.2) is 53.7 Å². The van der Waals surface area contributed by atoms with E-state index in [1.165, 1.54) is 17.8 Å². The van der Waals surface area contributed by atoms with Crippen LogP contribution in [0.4, 0.5) is 0 Å². The summed E-state index contributed by atoms with van der Waals surface area (Å²) < 4.78 is 12.9. The van der Waals surface area contributed by atoms with Gasteiger partial charge in [0, 0.05) is 18.7 Å². The molecule has 1 N–H and O–H groups in total. The van der Waals surface area contributed by atoms with Gasteiger partial charge >= 0.3 is 5.97 Å². The van der Waals surface area contributed by atoms with Gasteiger partial charge in [-0.15, -0.1) is 10.2 Å². The summed E-state index contributed by atoms with van der Waals surface area (Å²) in [6, 6.07) is 14.5. The third-order valence-corrected chi connectivity index (χ3v) is 5.25. The van der Waals surface area contributed by atoms with Crippen LogP contribution in [-0.2, 0) is 13.0 Å². The summed E-state index contributed by atoms with van der Waals surface area (Å²) in [4.78, 5) is 11.2. The molecule has 152 valence electrons. The van der Waals surface area contributed by atoms with E-state index in [1.54, 1.807) is 25.3 Å². The molecule has 29 heavy (non-hydrogen) atoms. The van der Waals surface area contributed by atoms with Gasteiger partial charge in [-0.25, -0.2) is 4.79 Å². The molecular weight excluding hydrogens is 390 g/mol. The summed E-state index contributed by atoms with van der Waals surface area (Å²) >= 11 is 1.54. The highest BCUT2D eigenvalue weighted by Crippen LogP contribution is 2.22. The highest BCUT2D eigenvalue weighted by Gasteiger charge is 2.13. The van der Waals surface area contributed by atoms with Crippen molar-refractivity contribution in [1.29, 1.82) is 0 Å². The fourth-order valence-corrected chi connectivity index (χ4v) is 3.69. The third-order valence-electron chi connectivity index (χ3n) is 4.32. The van der Waals surface area contributed by atoms with Gasteiger partial charge in [0.25, 0.3) is 0 Å². The molecule has 0 radical (unpaired) electrons. The van der Waals surface area contributed by atoms with Crippen molar-refractivity contribution in [2.24, 2.45) is 0 Å². The molecule has 1 aromatic heterocycles. The lowest BCUT2D eigenvalue weighted by molar-refractivity contribution is 0.0692. The van der Waals surface area contributed by atoms with Crippen molar-refractivity contribution in [3.8, 4) is 11.5 Å². The monoisotopic (exact) mass is 413 g/mol. The second-order valence-corrected chi connectivity index (χ2v) is 7.23. The summed E-state index contributed by atoms with van der Waals surface area (Å²) in [6.07, 6.45) is 0.688. The maximum absolute atomic E-state index is 11.2. The molecule has 0 atom stereocenters. The number of carboxylic acids is 1. The van der Waals surface area contributed by atoms with Crippen LogP contribution in [0.25, 0.3) is 0 Å². The van der Waals surface area contributed by atoms with E-state index in [2.05, 4.69) is 21.7 Å². The zero-order valence-electron chi connectivity index (χ0n) is 16.4. The summed E-state index contributed by atoms with van der Waals surface area (Å²) in [5, 5.41) is 18.7. The molecule has 0 saturated carbocycles. The zero-order chi connectivity index (χ0) is 20.6. The number of thioether (sulfide) groups is 1. The number of carbonyl (C=O) groups is 1. The highest BCUT2D eigenvalue weighted by molar-refractivity contribution is 7.99. The summed E-state index contributed by atoms with van der Waals surface area (Å²) in [7, 11) is 1.65. The van der Waals surface area contributed by atoms with Gasteiger partial charge in [-0.3, -0.25) is 0 Å². The standard InChI is InChI=1S/C21H23N3O4S/c1-3-24-19(14-15-8-10-16(27-2)11-9-15)22-23-21(24)29-13-12-28-18-7-5-4-6-17(18)20(25)26/h4-11H,3,12-14H2,1-2H3,(H,25,26). The van der Waals surface area contributed by atoms with Crippen LogP contribution in [0, 0.1) is 0 Å². The van der Waals surface area contributed by atoms with Gasteiger partial charge in [0.05, 0.1) is 13.7 Å². The van der Waals surface area contributed by atoms with Crippen LogP contribution in [0.1, 0.15) is 28.7 Å². The van der Waals surface area contributed by atoms with E-state index in [9.17, 15) is 9.90 Å². The van der Waals surface area contributed by atoms with Crippen molar-refractivity contribution in [2.45, 2.75) is 25.0 Å². The zero-order valence-corrected chi connectivity index (χ0v) is 17.2. The highest BCUT2D eigenvalue weighted by atomic mass is 32.2. The topological polar surface area (TPSA) is 86.5 Å². The van der Waals surface area contributed by atoms with Crippen LogP contribution in [0.2, 0.25) is 0 Å². The number of para-hydroxylation sites is 1. The number of hydrogen-bond donors (Lipinski definition) is 1. The van der Waals surface area contributed by atoms with Crippen molar-refractivity contribution in [1.82, 2.24) is 14.8 Å².